The summed E-state index contributed by atoms with van der Waals surface area (Å²) in [5, 5.41) is 0. The number of unbranched alkanes of at least 4 members (excludes halogenated alkanes) is 1. The van der Waals surface area contributed by atoms with Crippen molar-refractivity contribution in [2.24, 2.45) is 5.92 Å². The largest absolute Gasteiger partial charge is 0.457 e. The van der Waals surface area contributed by atoms with Crippen molar-refractivity contribution in [1.29, 1.82) is 0 Å². The number of likely N-dealkylation sites (tertiary alicyclic amines) is 1. The highest BCUT2D eigenvalue weighted by molar-refractivity contribution is 7.85. The van der Waals surface area contributed by atoms with E-state index in [0.717, 1.165) is 37.5 Å². The number of hydrogen-bond acceptors (Lipinski definition) is 6. The maximum absolute atomic E-state index is 13.0. The molecule has 2 aromatic rings. The number of carbonyl (C=O) groups excluding carboxylic acids is 2. The second kappa shape index (κ2) is 12.0. The van der Waals surface area contributed by atoms with E-state index < -0.39 is 16.1 Å². The molecule has 1 fully saturated rings. The fraction of sp³-hybridized carbons (Fsp3) is 0.440. The highest BCUT2D eigenvalue weighted by Crippen LogP contribution is 2.24. The van der Waals surface area contributed by atoms with Crippen molar-refractivity contribution in [2.45, 2.75) is 38.7 Å². The van der Waals surface area contributed by atoms with Gasteiger partial charge >= 0.3 is 5.97 Å². The molecule has 0 radical (unpaired) electrons. The lowest BCUT2D eigenvalue weighted by atomic mass is 9.91. The summed E-state index contributed by atoms with van der Waals surface area (Å²) in [6, 6.07) is 16.1. The molecule has 3 rings (SSSR count). The summed E-state index contributed by atoms with van der Waals surface area (Å²) in [7, 11) is -3.37. The predicted octanol–water partition coefficient (Wildman–Crippen LogP) is 4.04. The van der Waals surface area contributed by atoms with Crippen molar-refractivity contribution < 1.29 is 26.9 Å². The molecule has 2 aromatic carbocycles. The Kier molecular flexibility index (Phi) is 9.03. The molecule has 0 unspecified atom stereocenters. The molecule has 1 heterocycles. The Bertz CT molecular complexity index is 1030. The van der Waals surface area contributed by atoms with Crippen LogP contribution in [0.3, 0.4) is 0 Å². The smallest absolute Gasteiger partial charge is 0.338 e. The van der Waals surface area contributed by atoms with Gasteiger partial charge in [0.05, 0.1) is 18.4 Å². The average molecular weight is 474 g/mol. The van der Waals surface area contributed by atoms with Crippen molar-refractivity contribution in [3.05, 3.63) is 71.3 Å². The Morgan fingerprint density at radius 2 is 1.67 bits per heavy atom. The van der Waals surface area contributed by atoms with Gasteiger partial charge < -0.3 is 9.64 Å². The van der Waals surface area contributed by atoms with Crippen LogP contribution in [0, 0.1) is 5.92 Å². The number of ether oxygens (including phenoxy) is 1. The summed E-state index contributed by atoms with van der Waals surface area (Å²) in [6.45, 7) is 1.75. The molecule has 1 saturated heterocycles. The molecular weight excluding hydrogens is 442 g/mol. The van der Waals surface area contributed by atoms with Gasteiger partial charge in [-0.2, -0.15) is 8.42 Å². The van der Waals surface area contributed by atoms with Gasteiger partial charge in [0.2, 0.25) is 0 Å². The molecule has 1 amide bonds. The molecule has 0 aromatic heterocycles. The van der Waals surface area contributed by atoms with Crippen LogP contribution in [0.25, 0.3) is 0 Å². The Hall–Kier alpha value is -2.71. The lowest BCUT2D eigenvalue weighted by molar-refractivity contribution is 0.0472. The summed E-state index contributed by atoms with van der Waals surface area (Å²) in [5.74, 6) is -0.00800. The zero-order valence-electron chi connectivity index (χ0n) is 18.9. The third-order valence-electron chi connectivity index (χ3n) is 5.76. The summed E-state index contributed by atoms with van der Waals surface area (Å²) >= 11 is 0. The van der Waals surface area contributed by atoms with E-state index in [4.69, 9.17) is 8.92 Å². The van der Waals surface area contributed by atoms with Crippen LogP contribution >= 0.6 is 0 Å². The molecule has 0 atom stereocenters. The van der Waals surface area contributed by atoms with Gasteiger partial charge in [-0.05, 0) is 48.9 Å². The van der Waals surface area contributed by atoms with Gasteiger partial charge in [0.1, 0.15) is 6.61 Å². The Morgan fingerprint density at radius 3 is 2.36 bits per heavy atom. The van der Waals surface area contributed by atoms with Crippen molar-refractivity contribution in [2.75, 3.05) is 26.0 Å². The quantitative estimate of drug-likeness (QED) is 0.294. The third-order valence-corrected chi connectivity index (χ3v) is 6.36. The van der Waals surface area contributed by atoms with Gasteiger partial charge in [0.25, 0.3) is 16.0 Å². The van der Waals surface area contributed by atoms with Crippen LogP contribution in [-0.4, -0.2) is 51.1 Å². The van der Waals surface area contributed by atoms with E-state index in [1.165, 1.54) is 0 Å². The second-order valence-corrected chi connectivity index (χ2v) is 10.0. The van der Waals surface area contributed by atoms with Gasteiger partial charge in [0, 0.05) is 18.7 Å². The second-order valence-electron chi connectivity index (χ2n) is 8.40. The van der Waals surface area contributed by atoms with Crippen LogP contribution in [0.4, 0.5) is 0 Å². The van der Waals surface area contributed by atoms with Crippen molar-refractivity contribution >= 4 is 22.0 Å². The lowest BCUT2D eigenvalue weighted by Gasteiger charge is -2.32. The molecule has 1 aliphatic rings. The summed E-state index contributed by atoms with van der Waals surface area (Å²) in [6.07, 6.45) is 5.50. The molecule has 1 aliphatic heterocycles. The molecule has 7 nitrogen and oxygen atoms in total. The van der Waals surface area contributed by atoms with E-state index in [1.54, 1.807) is 24.3 Å². The fourth-order valence-corrected chi connectivity index (χ4v) is 4.36. The van der Waals surface area contributed by atoms with E-state index in [-0.39, 0.29) is 19.1 Å². The topological polar surface area (TPSA) is 90.0 Å². The number of carbonyl (C=O) groups is 2. The first-order valence-electron chi connectivity index (χ1n) is 11.3. The van der Waals surface area contributed by atoms with Gasteiger partial charge in [-0.25, -0.2) is 4.79 Å². The van der Waals surface area contributed by atoms with E-state index in [9.17, 15) is 18.0 Å². The highest BCUT2D eigenvalue weighted by atomic mass is 32.2. The van der Waals surface area contributed by atoms with Gasteiger partial charge in [-0.1, -0.05) is 49.2 Å². The van der Waals surface area contributed by atoms with E-state index in [0.29, 0.717) is 36.6 Å². The lowest BCUT2D eigenvalue weighted by Crippen LogP contribution is -2.38. The first-order chi connectivity index (χ1) is 15.8. The number of esters is 1. The van der Waals surface area contributed by atoms with E-state index in [2.05, 4.69) is 0 Å². The Morgan fingerprint density at radius 1 is 0.970 bits per heavy atom. The number of hydrogen-bond donors (Lipinski definition) is 0. The van der Waals surface area contributed by atoms with Gasteiger partial charge in [-0.3, -0.25) is 8.98 Å². The normalized spacial score (nSPS) is 14.8. The van der Waals surface area contributed by atoms with E-state index >= 15 is 0 Å². The number of nitrogens with zero attached hydrogens (tertiary/aromatic N) is 1. The fourth-order valence-electron chi connectivity index (χ4n) is 3.94. The molecule has 0 bridgehead atoms. The maximum Gasteiger partial charge on any atom is 0.338 e. The van der Waals surface area contributed by atoms with Crippen LogP contribution in [0.5, 0.6) is 0 Å². The maximum atomic E-state index is 13.0. The zero-order chi connectivity index (χ0) is 23.7. The summed E-state index contributed by atoms with van der Waals surface area (Å²) < 4.78 is 32.1. The molecule has 0 saturated carbocycles. The first kappa shape index (κ1) is 24.9. The van der Waals surface area contributed by atoms with Crippen molar-refractivity contribution in [3.8, 4) is 0 Å². The average Bonchev–Trinajstić information content (AvgIpc) is 2.82. The number of amides is 1. The zero-order valence-corrected chi connectivity index (χ0v) is 19.8. The number of benzene rings is 2. The van der Waals surface area contributed by atoms with Gasteiger partial charge in [-0.15, -0.1) is 0 Å². The number of piperidine rings is 1. The minimum absolute atomic E-state index is 0.0762. The molecule has 0 spiro atoms. The minimum Gasteiger partial charge on any atom is -0.457 e. The number of rotatable bonds is 10. The monoisotopic (exact) mass is 473 g/mol. The van der Waals surface area contributed by atoms with Crippen LogP contribution in [0.15, 0.2) is 54.6 Å². The van der Waals surface area contributed by atoms with Crippen LogP contribution < -0.4 is 0 Å². The van der Waals surface area contributed by atoms with Crippen LogP contribution in [0.1, 0.15) is 58.4 Å². The van der Waals surface area contributed by atoms with Gasteiger partial charge in [0.15, 0.2) is 0 Å². The summed E-state index contributed by atoms with van der Waals surface area (Å²) in [4.78, 5) is 27.2. The van der Waals surface area contributed by atoms with Crippen molar-refractivity contribution in [3.63, 3.8) is 0 Å². The molecule has 0 aliphatic carbocycles. The highest BCUT2D eigenvalue weighted by Gasteiger charge is 2.24. The molecule has 8 heteroatoms. The summed E-state index contributed by atoms with van der Waals surface area (Å²) in [5.41, 5.74) is 1.76. The standard InChI is InChI=1S/C25H31NO6S/c1-33(29,30)32-17-6-5-8-20-13-15-26(16-14-20)24(27)22-11-7-12-23(18-22)25(28)31-19-21-9-3-2-4-10-21/h2-4,7,9-12,18,20H,5-6,8,13-17,19H2,1H3. The van der Waals surface area contributed by atoms with E-state index in [1.807, 2.05) is 35.2 Å². The Balaban J connectivity index is 1.44. The molecule has 178 valence electrons. The van der Waals surface area contributed by atoms with Crippen LogP contribution in [-0.2, 0) is 25.6 Å². The minimum atomic E-state index is -3.37. The van der Waals surface area contributed by atoms with Crippen LogP contribution in [0.2, 0.25) is 0 Å². The molecular formula is C25H31NO6S. The first-order valence-corrected chi connectivity index (χ1v) is 13.1. The van der Waals surface area contributed by atoms with Crippen molar-refractivity contribution in [1.82, 2.24) is 4.90 Å². The SMILES string of the molecule is CS(=O)(=O)OCCCCC1CCN(C(=O)c2cccc(C(=O)OCc3ccccc3)c2)CC1. The molecule has 33 heavy (non-hydrogen) atoms. The third kappa shape index (κ3) is 8.29. The Labute approximate surface area is 195 Å². The predicted molar refractivity (Wildman–Crippen MR) is 125 cm³/mol. The molecule has 0 N–H and O–H groups in total.